The van der Waals surface area contributed by atoms with Gasteiger partial charge in [-0.05, 0) is 55.0 Å². The highest BCUT2D eigenvalue weighted by Crippen LogP contribution is 2.34. The minimum Gasteiger partial charge on any atom is -0.496 e. The molecule has 0 radical (unpaired) electrons. The maximum atomic E-state index is 13.6. The third kappa shape index (κ3) is 4.78. The predicted molar refractivity (Wildman–Crippen MR) is 138 cm³/mol. The Labute approximate surface area is 208 Å². The zero-order chi connectivity index (χ0) is 25.3. The molecule has 0 aliphatic heterocycles. The molecule has 2 aliphatic carbocycles. The van der Waals surface area contributed by atoms with Crippen LogP contribution >= 0.6 is 0 Å². The molecule has 0 spiro atoms. The van der Waals surface area contributed by atoms with Crippen molar-refractivity contribution in [2.75, 3.05) is 14.2 Å². The molecule has 4 N–H and O–H groups in total. The third-order valence-electron chi connectivity index (χ3n) is 7.22. The van der Waals surface area contributed by atoms with E-state index in [2.05, 4.69) is 25.6 Å². The van der Waals surface area contributed by atoms with Gasteiger partial charge in [-0.15, -0.1) is 0 Å². The predicted octanol–water partition coefficient (Wildman–Crippen LogP) is 2.51. The molecular formula is C27H31N5O4. The molecule has 1 fully saturated rings. The van der Waals surface area contributed by atoms with Crippen molar-refractivity contribution in [2.45, 2.75) is 50.1 Å². The topological polar surface area (TPSA) is 128 Å². The SMILES string of the molecule is CN=C[C@]1(NC(=O)[C@H](CC2CC2)NC(=O)c2cc3c(OC)cccc3[nH]2)CCc2cc[nH]c(=O)c2C1. The number of methoxy groups -OCH3 is 1. The molecule has 9 heteroatoms. The van der Waals surface area contributed by atoms with Crippen molar-refractivity contribution in [1.29, 1.82) is 0 Å². The first-order valence-corrected chi connectivity index (χ1v) is 12.3. The Balaban J connectivity index is 1.37. The van der Waals surface area contributed by atoms with Gasteiger partial charge in [-0.3, -0.25) is 19.4 Å². The fraction of sp³-hybridized carbons (Fsp3) is 0.407. The number of amides is 2. The number of H-pyrrole nitrogens is 2. The van der Waals surface area contributed by atoms with E-state index in [4.69, 9.17) is 4.74 Å². The molecule has 2 heterocycles. The fourth-order valence-electron chi connectivity index (χ4n) is 5.15. The van der Waals surface area contributed by atoms with Crippen LogP contribution in [0.15, 0.2) is 46.3 Å². The summed E-state index contributed by atoms with van der Waals surface area (Å²) in [4.78, 5) is 49.3. The van der Waals surface area contributed by atoms with Gasteiger partial charge < -0.3 is 25.3 Å². The number of fused-ring (bicyclic) bond motifs is 2. The highest BCUT2D eigenvalue weighted by atomic mass is 16.5. The standard InChI is InChI=1S/C27H31N5O4/c1-28-15-27(10-8-17-9-11-29-24(33)19(17)14-27)32-26(35)21(12-16-6-7-16)31-25(34)22-13-18-20(30-22)4-3-5-23(18)36-2/h3-5,9,11,13,15-16,21,30H,6-8,10,12,14H2,1-2H3,(H,29,33)(H,31,34)(H,32,35)/t21-,27-/m0/s1. The fourth-order valence-corrected chi connectivity index (χ4v) is 5.15. The number of aryl methyl sites for hydroxylation is 1. The number of carbonyl (C=O) groups excluding carboxylic acids is 2. The van der Waals surface area contributed by atoms with Gasteiger partial charge in [-0.25, -0.2) is 0 Å². The number of benzene rings is 1. The second-order valence-electron chi connectivity index (χ2n) is 9.83. The Morgan fingerprint density at radius 2 is 2.14 bits per heavy atom. The molecule has 1 aromatic carbocycles. The van der Waals surface area contributed by atoms with Gasteiger partial charge in [-0.1, -0.05) is 18.9 Å². The van der Waals surface area contributed by atoms with Gasteiger partial charge >= 0.3 is 0 Å². The minimum absolute atomic E-state index is 0.146. The van der Waals surface area contributed by atoms with Crippen LogP contribution in [0.25, 0.3) is 10.9 Å². The lowest BCUT2D eigenvalue weighted by molar-refractivity contribution is -0.124. The highest BCUT2D eigenvalue weighted by Gasteiger charge is 2.39. The summed E-state index contributed by atoms with van der Waals surface area (Å²) in [5.74, 6) is 0.468. The summed E-state index contributed by atoms with van der Waals surface area (Å²) in [6, 6.07) is 8.52. The summed E-state index contributed by atoms with van der Waals surface area (Å²) in [5, 5.41) is 6.90. The molecule has 0 unspecified atom stereocenters. The summed E-state index contributed by atoms with van der Waals surface area (Å²) in [7, 11) is 3.25. The van der Waals surface area contributed by atoms with Crippen LogP contribution in [0.4, 0.5) is 0 Å². The summed E-state index contributed by atoms with van der Waals surface area (Å²) >= 11 is 0. The second-order valence-corrected chi connectivity index (χ2v) is 9.83. The number of rotatable bonds is 8. The Morgan fingerprint density at radius 3 is 2.89 bits per heavy atom. The van der Waals surface area contributed by atoms with Crippen LogP contribution in [0.1, 0.15) is 47.3 Å². The van der Waals surface area contributed by atoms with Crippen LogP contribution in [-0.4, -0.2) is 53.7 Å². The van der Waals surface area contributed by atoms with Crippen LogP contribution in [0.5, 0.6) is 5.75 Å². The lowest BCUT2D eigenvalue weighted by Crippen LogP contribution is -2.59. The number of nitrogens with zero attached hydrogens (tertiary/aromatic N) is 1. The normalized spacial score (nSPS) is 20.2. The van der Waals surface area contributed by atoms with Crippen LogP contribution in [-0.2, 0) is 17.6 Å². The van der Waals surface area contributed by atoms with E-state index in [1.165, 1.54) is 0 Å². The molecule has 2 aromatic heterocycles. The molecular weight excluding hydrogens is 458 g/mol. The molecule has 2 aliphatic rings. The van der Waals surface area contributed by atoms with Gasteiger partial charge in [0.05, 0.1) is 12.6 Å². The van der Waals surface area contributed by atoms with Gasteiger partial charge in [0.1, 0.15) is 17.5 Å². The van der Waals surface area contributed by atoms with E-state index in [0.717, 1.165) is 29.3 Å². The van der Waals surface area contributed by atoms with Crippen molar-refractivity contribution in [2.24, 2.45) is 10.9 Å². The molecule has 3 aromatic rings. The number of carbonyl (C=O) groups is 2. The van der Waals surface area contributed by atoms with Gasteiger partial charge in [0, 0.05) is 42.3 Å². The largest absolute Gasteiger partial charge is 0.496 e. The van der Waals surface area contributed by atoms with E-state index in [1.807, 2.05) is 24.3 Å². The van der Waals surface area contributed by atoms with Gasteiger partial charge in [0.15, 0.2) is 0 Å². The molecule has 2 amide bonds. The lowest BCUT2D eigenvalue weighted by Gasteiger charge is -2.36. The van der Waals surface area contributed by atoms with Crippen molar-refractivity contribution in [1.82, 2.24) is 20.6 Å². The number of aromatic nitrogens is 2. The van der Waals surface area contributed by atoms with Gasteiger partial charge in [-0.2, -0.15) is 0 Å². The number of hydrogen-bond acceptors (Lipinski definition) is 5. The van der Waals surface area contributed by atoms with Crippen LogP contribution in [0.2, 0.25) is 0 Å². The Bertz CT molecular complexity index is 1390. The molecule has 5 rings (SSSR count). The molecule has 36 heavy (non-hydrogen) atoms. The molecule has 0 bridgehead atoms. The van der Waals surface area contributed by atoms with Crippen molar-refractivity contribution < 1.29 is 14.3 Å². The Hall–Kier alpha value is -3.88. The number of aliphatic imine (C=N–C) groups is 1. The van der Waals surface area contributed by atoms with E-state index < -0.39 is 11.6 Å². The molecule has 0 saturated heterocycles. The molecule has 9 nitrogen and oxygen atoms in total. The van der Waals surface area contributed by atoms with Gasteiger partial charge in [0.25, 0.3) is 11.5 Å². The first-order valence-electron chi connectivity index (χ1n) is 12.3. The zero-order valence-corrected chi connectivity index (χ0v) is 20.5. The van der Waals surface area contributed by atoms with Crippen molar-refractivity contribution >= 4 is 28.9 Å². The first-order chi connectivity index (χ1) is 17.4. The second kappa shape index (κ2) is 9.64. The summed E-state index contributed by atoms with van der Waals surface area (Å²) in [5.41, 5.74) is 1.88. The summed E-state index contributed by atoms with van der Waals surface area (Å²) in [6.07, 6.45) is 7.68. The maximum absolute atomic E-state index is 13.6. The summed E-state index contributed by atoms with van der Waals surface area (Å²) < 4.78 is 5.40. The van der Waals surface area contributed by atoms with Crippen molar-refractivity contribution in [3.8, 4) is 5.75 Å². The van der Waals surface area contributed by atoms with Gasteiger partial charge in [0.2, 0.25) is 5.91 Å². The number of ether oxygens (including phenoxy) is 1. The number of hydrogen-bond donors (Lipinski definition) is 4. The number of nitrogens with one attached hydrogen (secondary N) is 4. The monoisotopic (exact) mass is 489 g/mol. The average molecular weight is 490 g/mol. The minimum atomic E-state index is -0.784. The summed E-state index contributed by atoms with van der Waals surface area (Å²) in [6.45, 7) is 0. The Kier molecular flexibility index (Phi) is 6.38. The quantitative estimate of drug-likeness (QED) is 0.363. The van der Waals surface area contributed by atoms with Crippen LogP contribution in [0, 0.1) is 5.92 Å². The van der Waals surface area contributed by atoms with Crippen LogP contribution in [0.3, 0.4) is 0 Å². The van der Waals surface area contributed by atoms with E-state index in [1.54, 1.807) is 32.6 Å². The van der Waals surface area contributed by atoms with Crippen molar-refractivity contribution in [3.63, 3.8) is 0 Å². The van der Waals surface area contributed by atoms with E-state index >= 15 is 0 Å². The maximum Gasteiger partial charge on any atom is 0.268 e. The lowest BCUT2D eigenvalue weighted by atomic mass is 9.79. The van der Waals surface area contributed by atoms with E-state index in [9.17, 15) is 14.4 Å². The molecule has 188 valence electrons. The zero-order valence-electron chi connectivity index (χ0n) is 20.5. The van der Waals surface area contributed by atoms with E-state index in [0.29, 0.717) is 48.6 Å². The Morgan fingerprint density at radius 1 is 1.31 bits per heavy atom. The number of pyridine rings is 1. The number of aromatic amines is 2. The molecule has 1 saturated carbocycles. The first kappa shape index (κ1) is 23.8. The third-order valence-corrected chi connectivity index (χ3v) is 7.22. The van der Waals surface area contributed by atoms with Crippen LogP contribution < -0.4 is 20.9 Å². The average Bonchev–Trinajstić information content (AvgIpc) is 3.58. The van der Waals surface area contributed by atoms with Crippen molar-refractivity contribution in [3.05, 3.63) is 63.7 Å². The van der Waals surface area contributed by atoms with E-state index in [-0.39, 0.29) is 17.4 Å². The molecule has 2 atom stereocenters. The highest BCUT2D eigenvalue weighted by molar-refractivity contribution is 6.01. The smallest absolute Gasteiger partial charge is 0.268 e.